The van der Waals surface area contributed by atoms with Crippen molar-refractivity contribution < 1.29 is 4.92 Å². The fourth-order valence-corrected chi connectivity index (χ4v) is 2.97. The molecule has 20 heavy (non-hydrogen) atoms. The summed E-state index contributed by atoms with van der Waals surface area (Å²) >= 11 is 0. The summed E-state index contributed by atoms with van der Waals surface area (Å²) in [6.07, 6.45) is 6.21. The van der Waals surface area contributed by atoms with Gasteiger partial charge in [-0.3, -0.25) is 10.1 Å². The van der Waals surface area contributed by atoms with Crippen molar-refractivity contribution in [3.8, 4) is 0 Å². The Hall–Kier alpha value is -1.90. The number of allylic oxidation sites excluding steroid dienone is 3. The van der Waals surface area contributed by atoms with Gasteiger partial charge in [-0.25, -0.2) is 0 Å². The molecule has 1 aliphatic carbocycles. The molecule has 0 aliphatic heterocycles. The first-order chi connectivity index (χ1) is 9.31. The lowest BCUT2D eigenvalue weighted by Crippen LogP contribution is -2.28. The van der Waals surface area contributed by atoms with Gasteiger partial charge in [-0.1, -0.05) is 44.2 Å². The highest BCUT2D eigenvalue weighted by molar-refractivity contribution is 5.42. The summed E-state index contributed by atoms with van der Waals surface area (Å²) in [4.78, 5) is 10.5. The van der Waals surface area contributed by atoms with E-state index in [0.717, 1.165) is 29.5 Å². The molecule has 0 bridgehead atoms. The fourth-order valence-electron chi connectivity index (χ4n) is 2.97. The Morgan fingerprint density at radius 1 is 1.45 bits per heavy atom. The van der Waals surface area contributed by atoms with Crippen molar-refractivity contribution >= 4 is 5.69 Å². The van der Waals surface area contributed by atoms with Crippen LogP contribution in [-0.4, -0.2) is 4.92 Å². The van der Waals surface area contributed by atoms with Crippen LogP contribution in [0.15, 0.2) is 42.5 Å². The van der Waals surface area contributed by atoms with E-state index in [1.807, 2.05) is 12.1 Å². The second-order valence-corrected chi connectivity index (χ2v) is 6.30. The predicted octanol–water partition coefficient (Wildman–Crippen LogP) is 4.60. The van der Waals surface area contributed by atoms with Gasteiger partial charge in [0.2, 0.25) is 0 Å². The van der Waals surface area contributed by atoms with Crippen molar-refractivity contribution in [1.82, 2.24) is 0 Å². The zero-order chi connectivity index (χ0) is 14.9. The molecule has 0 saturated carbocycles. The normalized spacial score (nSPS) is 20.9. The number of hydrogen-bond donors (Lipinski definition) is 0. The van der Waals surface area contributed by atoms with Gasteiger partial charge < -0.3 is 0 Å². The van der Waals surface area contributed by atoms with Crippen LogP contribution in [0.1, 0.15) is 31.4 Å². The first-order valence-electron chi connectivity index (χ1n) is 6.90. The van der Waals surface area contributed by atoms with Crippen molar-refractivity contribution in [2.75, 3.05) is 0 Å². The van der Waals surface area contributed by atoms with E-state index >= 15 is 0 Å². The molecule has 1 unspecified atom stereocenters. The molecule has 0 aromatic heterocycles. The second-order valence-electron chi connectivity index (χ2n) is 6.30. The monoisotopic (exact) mass is 271 g/mol. The van der Waals surface area contributed by atoms with Gasteiger partial charge in [0.15, 0.2) is 0 Å². The number of benzene rings is 1. The Balaban J connectivity index is 2.26. The predicted molar refractivity (Wildman–Crippen MR) is 81.7 cm³/mol. The number of rotatable bonds is 3. The van der Waals surface area contributed by atoms with Gasteiger partial charge in [0.05, 0.1) is 4.92 Å². The average molecular weight is 271 g/mol. The highest BCUT2D eigenvalue weighted by atomic mass is 16.6. The van der Waals surface area contributed by atoms with Gasteiger partial charge in [0.1, 0.15) is 0 Å². The minimum absolute atomic E-state index is 0.182. The van der Waals surface area contributed by atoms with Crippen LogP contribution in [0.5, 0.6) is 0 Å². The lowest BCUT2D eigenvalue weighted by molar-refractivity contribution is -0.385. The lowest BCUT2D eigenvalue weighted by atomic mass is 9.67. The van der Waals surface area contributed by atoms with Crippen molar-refractivity contribution in [3.05, 3.63) is 63.7 Å². The van der Waals surface area contributed by atoms with Crippen LogP contribution < -0.4 is 0 Å². The molecule has 0 spiro atoms. The van der Waals surface area contributed by atoms with E-state index in [0.29, 0.717) is 5.92 Å². The standard InChI is InChI=1S/C17H21NO2/c1-12-6-5-9-17(3,4)15(12)11-14-7-8-16(18(19)20)13(2)10-14/h5-8,10,15H,1,9,11H2,2-4H3. The maximum atomic E-state index is 10.9. The summed E-state index contributed by atoms with van der Waals surface area (Å²) in [5, 5.41) is 10.9. The molecule has 3 heteroatoms. The summed E-state index contributed by atoms with van der Waals surface area (Å²) in [7, 11) is 0. The molecule has 2 rings (SSSR count). The lowest BCUT2D eigenvalue weighted by Gasteiger charge is -2.37. The molecule has 0 saturated heterocycles. The number of nitrogens with zero attached hydrogens (tertiary/aromatic N) is 1. The van der Waals surface area contributed by atoms with Crippen molar-refractivity contribution in [3.63, 3.8) is 0 Å². The number of hydrogen-bond acceptors (Lipinski definition) is 2. The van der Waals surface area contributed by atoms with Gasteiger partial charge in [-0.15, -0.1) is 0 Å². The third kappa shape index (κ3) is 2.82. The van der Waals surface area contributed by atoms with Crippen molar-refractivity contribution in [1.29, 1.82) is 0 Å². The molecule has 106 valence electrons. The van der Waals surface area contributed by atoms with Crippen LogP contribution in [0.25, 0.3) is 0 Å². The third-order valence-corrected chi connectivity index (χ3v) is 4.26. The maximum absolute atomic E-state index is 10.9. The minimum atomic E-state index is -0.328. The highest BCUT2D eigenvalue weighted by Gasteiger charge is 2.32. The molecule has 0 fully saturated rings. The Labute approximate surface area is 120 Å². The van der Waals surface area contributed by atoms with Crippen LogP contribution in [0, 0.1) is 28.4 Å². The topological polar surface area (TPSA) is 43.1 Å². The van der Waals surface area contributed by atoms with Gasteiger partial charge in [0, 0.05) is 11.6 Å². The second kappa shape index (κ2) is 5.23. The molecule has 1 aromatic carbocycles. The van der Waals surface area contributed by atoms with Crippen LogP contribution in [-0.2, 0) is 6.42 Å². The van der Waals surface area contributed by atoms with E-state index < -0.39 is 0 Å². The Morgan fingerprint density at radius 2 is 2.15 bits per heavy atom. The van der Waals surface area contributed by atoms with Crippen LogP contribution >= 0.6 is 0 Å². The summed E-state index contributed by atoms with van der Waals surface area (Å²) in [6, 6.07) is 5.41. The first-order valence-corrected chi connectivity index (χ1v) is 6.90. The Morgan fingerprint density at radius 3 is 2.70 bits per heavy atom. The zero-order valence-electron chi connectivity index (χ0n) is 12.3. The Kier molecular flexibility index (Phi) is 3.80. The van der Waals surface area contributed by atoms with Gasteiger partial charge in [0.25, 0.3) is 5.69 Å². The van der Waals surface area contributed by atoms with Crippen LogP contribution in [0.4, 0.5) is 5.69 Å². The molecule has 0 N–H and O–H groups in total. The molecular formula is C17H21NO2. The smallest absolute Gasteiger partial charge is 0.258 e. The quantitative estimate of drug-likeness (QED) is 0.595. The third-order valence-electron chi connectivity index (χ3n) is 4.26. The molecule has 0 amide bonds. The summed E-state index contributed by atoms with van der Waals surface area (Å²) < 4.78 is 0. The van der Waals surface area contributed by atoms with Crippen LogP contribution in [0.2, 0.25) is 0 Å². The maximum Gasteiger partial charge on any atom is 0.272 e. The van der Waals surface area contributed by atoms with E-state index in [1.54, 1.807) is 13.0 Å². The SMILES string of the molecule is C=C1C=CCC(C)(C)C1Cc1ccc([N+](=O)[O-])c(C)c1. The molecule has 0 heterocycles. The van der Waals surface area contributed by atoms with Crippen LogP contribution in [0.3, 0.4) is 0 Å². The fraction of sp³-hybridized carbons (Fsp3) is 0.412. The van der Waals surface area contributed by atoms with E-state index in [4.69, 9.17) is 0 Å². The average Bonchev–Trinajstić information content (AvgIpc) is 2.33. The minimum Gasteiger partial charge on any atom is -0.258 e. The highest BCUT2D eigenvalue weighted by Crippen LogP contribution is 2.41. The van der Waals surface area contributed by atoms with E-state index in [1.165, 1.54) is 0 Å². The number of aryl methyl sites for hydroxylation is 1. The van der Waals surface area contributed by atoms with Gasteiger partial charge in [-0.2, -0.15) is 0 Å². The van der Waals surface area contributed by atoms with Gasteiger partial charge >= 0.3 is 0 Å². The number of nitro groups is 1. The van der Waals surface area contributed by atoms with Gasteiger partial charge in [-0.05, 0) is 42.7 Å². The van der Waals surface area contributed by atoms with E-state index in [-0.39, 0.29) is 16.0 Å². The molecule has 3 nitrogen and oxygen atoms in total. The molecule has 1 aliphatic rings. The van der Waals surface area contributed by atoms with Crippen molar-refractivity contribution in [2.45, 2.75) is 33.6 Å². The summed E-state index contributed by atoms with van der Waals surface area (Å²) in [6.45, 7) is 10.5. The molecule has 1 atom stereocenters. The summed E-state index contributed by atoms with van der Waals surface area (Å²) in [5.74, 6) is 0.383. The molecule has 1 aromatic rings. The largest absolute Gasteiger partial charge is 0.272 e. The first kappa shape index (κ1) is 14.5. The zero-order valence-corrected chi connectivity index (χ0v) is 12.3. The Bertz CT molecular complexity index is 585. The molecular weight excluding hydrogens is 250 g/mol. The number of nitro benzene ring substituents is 1. The van der Waals surface area contributed by atoms with Crippen molar-refractivity contribution in [2.24, 2.45) is 11.3 Å². The summed E-state index contributed by atoms with van der Waals surface area (Å²) in [5.41, 5.74) is 3.39. The van der Waals surface area contributed by atoms with E-state index in [9.17, 15) is 10.1 Å². The molecule has 0 radical (unpaired) electrons. The van der Waals surface area contributed by atoms with E-state index in [2.05, 4.69) is 32.6 Å².